The third-order valence-electron chi connectivity index (χ3n) is 6.76. The Kier molecular flexibility index (Phi) is 8.88. The van der Waals surface area contributed by atoms with Gasteiger partial charge in [-0.15, -0.1) is 0 Å². The van der Waals surface area contributed by atoms with E-state index in [0.29, 0.717) is 10.5 Å². The third-order valence-corrected chi connectivity index (χ3v) is 8.27. The summed E-state index contributed by atoms with van der Waals surface area (Å²) in [7, 11) is 1.44. The van der Waals surface area contributed by atoms with E-state index in [1.54, 1.807) is 13.8 Å². The Morgan fingerprint density at radius 3 is 2.51 bits per heavy atom. The average Bonchev–Trinajstić information content (AvgIpc) is 3.31. The molecule has 1 atom stereocenters. The predicted molar refractivity (Wildman–Crippen MR) is 166 cm³/mol. The van der Waals surface area contributed by atoms with Gasteiger partial charge in [-0.05, 0) is 49.2 Å². The van der Waals surface area contributed by atoms with Crippen molar-refractivity contribution in [3.05, 3.63) is 123 Å². The van der Waals surface area contributed by atoms with E-state index in [4.69, 9.17) is 19.2 Å². The maximum absolute atomic E-state index is 13.7. The normalized spacial score (nSPS) is 14.6. The molecule has 3 aromatic carbocycles. The zero-order valence-electron chi connectivity index (χ0n) is 23.4. The van der Waals surface area contributed by atoms with Gasteiger partial charge in [-0.3, -0.25) is 19.5 Å². The summed E-state index contributed by atoms with van der Waals surface area (Å²) in [4.78, 5) is 43.4. The SMILES string of the molecule is CCOC(=O)C1=C(C)n2c(s/c(=C\c3cc(OC)c(OCc4ccccc4)cc3[N+](=O)[O-])c2=O)=N[C@@H]1c1ccc(Br)cc1. The van der Waals surface area contributed by atoms with Crippen molar-refractivity contribution in [1.29, 1.82) is 0 Å². The van der Waals surface area contributed by atoms with Crippen molar-refractivity contribution in [2.45, 2.75) is 26.5 Å². The van der Waals surface area contributed by atoms with Gasteiger partial charge < -0.3 is 14.2 Å². The Labute approximate surface area is 258 Å². The zero-order valence-corrected chi connectivity index (χ0v) is 25.8. The summed E-state index contributed by atoms with van der Waals surface area (Å²) in [6.45, 7) is 3.71. The molecule has 4 aromatic rings. The topological polar surface area (TPSA) is 122 Å². The summed E-state index contributed by atoms with van der Waals surface area (Å²) in [5.41, 5.74) is 1.69. The summed E-state index contributed by atoms with van der Waals surface area (Å²) in [6, 6.07) is 18.8. The Bertz CT molecular complexity index is 1920. The van der Waals surface area contributed by atoms with Gasteiger partial charge in [0, 0.05) is 10.2 Å². The number of carbonyl (C=O) groups excluding carboxylic acids is 1. The van der Waals surface area contributed by atoms with E-state index in [-0.39, 0.29) is 46.1 Å². The van der Waals surface area contributed by atoms with Gasteiger partial charge in [0.15, 0.2) is 16.3 Å². The molecule has 12 heteroatoms. The molecule has 0 fully saturated rings. The highest BCUT2D eigenvalue weighted by Crippen LogP contribution is 2.36. The number of esters is 1. The second-order valence-electron chi connectivity index (χ2n) is 9.43. The van der Waals surface area contributed by atoms with Gasteiger partial charge in [0.2, 0.25) is 0 Å². The van der Waals surface area contributed by atoms with Crippen LogP contribution < -0.4 is 24.4 Å². The quantitative estimate of drug-likeness (QED) is 0.138. The highest BCUT2D eigenvalue weighted by atomic mass is 79.9. The van der Waals surface area contributed by atoms with Gasteiger partial charge in [0.1, 0.15) is 12.6 Å². The molecule has 0 N–H and O–H groups in total. The first-order valence-electron chi connectivity index (χ1n) is 13.2. The number of benzene rings is 3. The summed E-state index contributed by atoms with van der Waals surface area (Å²) >= 11 is 4.50. The highest BCUT2D eigenvalue weighted by Gasteiger charge is 2.31. The number of nitrogens with zero attached hydrogens (tertiary/aromatic N) is 3. The first-order chi connectivity index (χ1) is 20.7. The largest absolute Gasteiger partial charge is 0.493 e. The van der Waals surface area contributed by atoms with E-state index in [1.165, 1.54) is 29.9 Å². The third kappa shape index (κ3) is 6.15. The summed E-state index contributed by atoms with van der Waals surface area (Å²) < 4.78 is 19.1. The molecular weight excluding hydrogens is 638 g/mol. The number of methoxy groups -OCH3 is 1. The standard InChI is InChI=1S/C31H26BrN3O7S/c1-4-41-30(37)27-18(2)34-29(36)26(43-31(34)33-28(27)20-10-12-22(32)13-11-20)15-21-14-24(40-3)25(16-23(21)35(38)39)42-17-19-8-6-5-7-9-19/h5-16,28H,4,17H2,1-3H3/b26-15-/t28-/m1/s1. The lowest BCUT2D eigenvalue weighted by atomic mass is 9.97. The van der Waals surface area contributed by atoms with Gasteiger partial charge in [0.05, 0.1) is 40.4 Å². The van der Waals surface area contributed by atoms with E-state index >= 15 is 0 Å². The van der Waals surface area contributed by atoms with Crippen molar-refractivity contribution in [2.24, 2.45) is 4.99 Å². The summed E-state index contributed by atoms with van der Waals surface area (Å²) in [5, 5.41) is 12.1. The van der Waals surface area contributed by atoms with Gasteiger partial charge in [0.25, 0.3) is 11.2 Å². The van der Waals surface area contributed by atoms with Crippen molar-refractivity contribution in [1.82, 2.24) is 4.57 Å². The number of nitro groups is 1. The van der Waals surface area contributed by atoms with Gasteiger partial charge in [-0.2, -0.15) is 0 Å². The van der Waals surface area contributed by atoms with Crippen LogP contribution in [0.25, 0.3) is 11.8 Å². The number of hydrogen-bond acceptors (Lipinski definition) is 9. The monoisotopic (exact) mass is 663 g/mol. The van der Waals surface area contributed by atoms with Gasteiger partial charge in [-0.1, -0.05) is 69.7 Å². The molecule has 1 aliphatic heterocycles. The van der Waals surface area contributed by atoms with Crippen LogP contribution >= 0.6 is 27.3 Å². The number of rotatable bonds is 9. The van der Waals surface area contributed by atoms with Crippen LogP contribution in [0.15, 0.2) is 86.6 Å². The van der Waals surface area contributed by atoms with Crippen LogP contribution in [0.2, 0.25) is 0 Å². The minimum atomic E-state index is -0.700. The molecule has 0 amide bonds. The predicted octanol–water partition coefficient (Wildman–Crippen LogP) is 5.17. The maximum Gasteiger partial charge on any atom is 0.338 e. The minimum Gasteiger partial charge on any atom is -0.493 e. The molecule has 10 nitrogen and oxygen atoms in total. The minimum absolute atomic E-state index is 0.155. The molecular formula is C31H26BrN3O7S. The van der Waals surface area contributed by atoms with Crippen molar-refractivity contribution >= 4 is 50.7 Å². The molecule has 1 aliphatic rings. The molecule has 0 unspecified atom stereocenters. The van der Waals surface area contributed by atoms with Crippen molar-refractivity contribution in [2.75, 3.05) is 13.7 Å². The van der Waals surface area contributed by atoms with E-state index in [2.05, 4.69) is 15.9 Å². The molecule has 220 valence electrons. The van der Waals surface area contributed by atoms with Crippen LogP contribution in [-0.4, -0.2) is 29.2 Å². The number of allylic oxidation sites excluding steroid dienone is 1. The fourth-order valence-electron chi connectivity index (χ4n) is 4.69. The number of fused-ring (bicyclic) bond motifs is 1. The van der Waals surface area contributed by atoms with E-state index < -0.39 is 22.5 Å². The molecule has 1 aromatic heterocycles. The second kappa shape index (κ2) is 12.8. The number of nitro benzene ring substituents is 1. The summed E-state index contributed by atoms with van der Waals surface area (Å²) in [5.74, 6) is -0.102. The Morgan fingerprint density at radius 1 is 1.14 bits per heavy atom. The zero-order chi connectivity index (χ0) is 30.7. The van der Waals surface area contributed by atoms with Crippen LogP contribution in [0.1, 0.15) is 36.6 Å². The number of aromatic nitrogens is 1. The molecule has 5 rings (SSSR count). The van der Waals surface area contributed by atoms with Crippen LogP contribution in [0, 0.1) is 10.1 Å². The van der Waals surface area contributed by atoms with Crippen LogP contribution in [0.5, 0.6) is 11.5 Å². The Morgan fingerprint density at radius 2 is 1.86 bits per heavy atom. The van der Waals surface area contributed by atoms with Gasteiger partial charge in [-0.25, -0.2) is 9.79 Å². The average molecular weight is 665 g/mol. The van der Waals surface area contributed by atoms with Crippen molar-refractivity contribution < 1.29 is 23.9 Å². The number of ether oxygens (including phenoxy) is 3. The molecule has 0 saturated heterocycles. The highest BCUT2D eigenvalue weighted by molar-refractivity contribution is 9.10. The van der Waals surface area contributed by atoms with Crippen LogP contribution in [-0.2, 0) is 16.1 Å². The lowest BCUT2D eigenvalue weighted by Crippen LogP contribution is -2.35. The number of halogens is 1. The van der Waals surface area contributed by atoms with Crippen molar-refractivity contribution in [3.8, 4) is 11.5 Å². The van der Waals surface area contributed by atoms with Crippen molar-refractivity contribution in [3.63, 3.8) is 0 Å². The smallest absolute Gasteiger partial charge is 0.338 e. The molecule has 0 bridgehead atoms. The molecule has 0 saturated carbocycles. The lowest BCUT2D eigenvalue weighted by molar-refractivity contribution is -0.385. The first-order valence-corrected chi connectivity index (χ1v) is 14.8. The molecule has 43 heavy (non-hydrogen) atoms. The van der Waals surface area contributed by atoms with Crippen LogP contribution in [0.3, 0.4) is 0 Å². The summed E-state index contributed by atoms with van der Waals surface area (Å²) in [6.07, 6.45) is 1.43. The Hall–Kier alpha value is -4.55. The van der Waals surface area contributed by atoms with E-state index in [1.807, 2.05) is 54.6 Å². The molecule has 0 radical (unpaired) electrons. The number of carbonyl (C=O) groups is 1. The van der Waals surface area contributed by atoms with E-state index in [0.717, 1.165) is 26.9 Å². The molecule has 2 heterocycles. The number of thiazole rings is 1. The molecule has 0 aliphatic carbocycles. The molecule has 0 spiro atoms. The van der Waals surface area contributed by atoms with Gasteiger partial charge >= 0.3 is 5.97 Å². The second-order valence-corrected chi connectivity index (χ2v) is 11.4. The number of hydrogen-bond donors (Lipinski definition) is 0. The van der Waals surface area contributed by atoms with E-state index in [9.17, 15) is 19.7 Å². The van der Waals surface area contributed by atoms with Crippen LogP contribution in [0.4, 0.5) is 5.69 Å². The Balaban J connectivity index is 1.64. The lowest BCUT2D eigenvalue weighted by Gasteiger charge is -2.22. The first kappa shape index (κ1) is 29.9. The maximum atomic E-state index is 13.7. The fraction of sp³-hybridized carbons (Fsp3) is 0.194. The fourth-order valence-corrected chi connectivity index (χ4v) is 5.99.